The average Bonchev–Trinajstić information content (AvgIpc) is 3.40. The first-order valence-electron chi connectivity index (χ1n) is 10.1. The van der Waals surface area contributed by atoms with Crippen molar-refractivity contribution in [3.8, 4) is 5.75 Å². The average molecular weight is 429 g/mol. The van der Waals surface area contributed by atoms with E-state index < -0.39 is 15.6 Å². The SMILES string of the molecule is O=C1c2ccc(OS(=O)(=O)C(F)(F)F)cc2C23CCCCC2C1N(CC1CC1)C3. The van der Waals surface area contributed by atoms with Gasteiger partial charge >= 0.3 is 15.6 Å². The maximum absolute atomic E-state index is 13.3. The number of nitrogens with zero attached hydrogens (tertiary/aromatic N) is 1. The van der Waals surface area contributed by atoms with Crippen LogP contribution in [0.1, 0.15) is 54.4 Å². The fraction of sp³-hybridized carbons (Fsp3) is 0.650. The molecular weight excluding hydrogens is 407 g/mol. The number of benzene rings is 1. The summed E-state index contributed by atoms with van der Waals surface area (Å²) < 4.78 is 65.5. The number of Topliss-reactive ketones (excluding diaryl/α,β-unsaturated/α-hetero) is 1. The molecule has 1 heterocycles. The zero-order chi connectivity index (χ0) is 20.6. The van der Waals surface area contributed by atoms with Crippen molar-refractivity contribution in [1.29, 1.82) is 0 Å². The van der Waals surface area contributed by atoms with Crippen molar-refractivity contribution in [2.75, 3.05) is 13.1 Å². The summed E-state index contributed by atoms with van der Waals surface area (Å²) in [5.74, 6) is 0.376. The van der Waals surface area contributed by atoms with E-state index in [1.54, 1.807) is 0 Å². The van der Waals surface area contributed by atoms with Crippen LogP contribution in [0.3, 0.4) is 0 Å². The van der Waals surface area contributed by atoms with Gasteiger partial charge in [0.15, 0.2) is 5.78 Å². The molecule has 0 aromatic heterocycles. The number of ketones is 1. The van der Waals surface area contributed by atoms with Gasteiger partial charge < -0.3 is 4.18 Å². The van der Waals surface area contributed by atoms with E-state index >= 15 is 0 Å². The Kier molecular flexibility index (Phi) is 4.14. The number of halogens is 3. The molecule has 3 fully saturated rings. The van der Waals surface area contributed by atoms with Gasteiger partial charge in [-0.05, 0) is 61.3 Å². The number of rotatable bonds is 4. The van der Waals surface area contributed by atoms with Crippen LogP contribution in [-0.2, 0) is 15.5 Å². The highest BCUT2D eigenvalue weighted by Gasteiger charge is 2.61. The van der Waals surface area contributed by atoms with E-state index in [0.717, 1.165) is 38.3 Å². The molecule has 0 amide bonds. The molecule has 1 aliphatic heterocycles. The van der Waals surface area contributed by atoms with Gasteiger partial charge in [-0.1, -0.05) is 12.8 Å². The van der Waals surface area contributed by atoms with Crippen LogP contribution in [0.15, 0.2) is 18.2 Å². The highest BCUT2D eigenvalue weighted by atomic mass is 32.2. The van der Waals surface area contributed by atoms with E-state index in [-0.39, 0.29) is 28.9 Å². The van der Waals surface area contributed by atoms with Gasteiger partial charge in [0.05, 0.1) is 6.04 Å². The van der Waals surface area contributed by atoms with Crippen molar-refractivity contribution in [2.24, 2.45) is 11.8 Å². The van der Waals surface area contributed by atoms with Crippen LogP contribution in [0.4, 0.5) is 13.2 Å². The maximum atomic E-state index is 13.3. The molecule has 3 atom stereocenters. The fourth-order valence-electron chi connectivity index (χ4n) is 5.75. The topological polar surface area (TPSA) is 63.7 Å². The number of alkyl halides is 3. The normalized spacial score (nSPS) is 32.0. The van der Waals surface area contributed by atoms with Crippen LogP contribution in [0.5, 0.6) is 5.75 Å². The zero-order valence-corrected chi connectivity index (χ0v) is 16.6. The molecule has 1 aromatic rings. The lowest BCUT2D eigenvalue weighted by Gasteiger charge is -2.44. The third-order valence-electron chi connectivity index (χ3n) is 7.10. The first-order valence-corrected chi connectivity index (χ1v) is 11.5. The second-order valence-corrected chi connectivity index (χ2v) is 10.4. The predicted molar refractivity (Wildman–Crippen MR) is 98.1 cm³/mol. The third-order valence-corrected chi connectivity index (χ3v) is 8.08. The lowest BCUT2D eigenvalue weighted by atomic mass is 9.58. The summed E-state index contributed by atoms with van der Waals surface area (Å²) in [5.41, 5.74) is -4.65. The number of hydrogen-bond acceptors (Lipinski definition) is 5. The molecule has 5 nitrogen and oxygen atoms in total. The first kappa shape index (κ1) is 19.4. The molecule has 1 saturated heterocycles. The van der Waals surface area contributed by atoms with Crippen molar-refractivity contribution < 1.29 is 30.6 Å². The number of fused-ring (bicyclic) bond motifs is 1. The predicted octanol–water partition coefficient (Wildman–Crippen LogP) is 3.63. The fourth-order valence-corrected chi connectivity index (χ4v) is 6.20. The van der Waals surface area contributed by atoms with Crippen molar-refractivity contribution in [1.82, 2.24) is 4.90 Å². The summed E-state index contributed by atoms with van der Waals surface area (Å²) in [6.45, 7) is 1.58. The van der Waals surface area contributed by atoms with E-state index in [1.807, 2.05) is 0 Å². The molecule has 5 rings (SSSR count). The van der Waals surface area contributed by atoms with Gasteiger partial charge in [-0.3, -0.25) is 9.69 Å². The molecule has 9 heteroatoms. The summed E-state index contributed by atoms with van der Waals surface area (Å²) in [6, 6.07) is 3.80. The Hall–Kier alpha value is -1.61. The molecule has 1 aromatic carbocycles. The number of hydrogen-bond donors (Lipinski definition) is 0. The Morgan fingerprint density at radius 1 is 1.17 bits per heavy atom. The summed E-state index contributed by atoms with van der Waals surface area (Å²) >= 11 is 0. The van der Waals surface area contributed by atoms with E-state index in [4.69, 9.17) is 0 Å². The van der Waals surface area contributed by atoms with E-state index in [2.05, 4.69) is 9.08 Å². The van der Waals surface area contributed by atoms with E-state index in [1.165, 1.54) is 25.0 Å². The van der Waals surface area contributed by atoms with Gasteiger partial charge in [-0.15, -0.1) is 0 Å². The van der Waals surface area contributed by atoms with Gasteiger partial charge in [-0.25, -0.2) is 0 Å². The van der Waals surface area contributed by atoms with Crippen LogP contribution in [0.25, 0.3) is 0 Å². The van der Waals surface area contributed by atoms with Crippen LogP contribution in [-0.4, -0.2) is 43.7 Å². The minimum absolute atomic E-state index is 0.00547. The van der Waals surface area contributed by atoms with Crippen molar-refractivity contribution in [3.63, 3.8) is 0 Å². The minimum Gasteiger partial charge on any atom is -0.376 e. The Morgan fingerprint density at radius 2 is 1.93 bits per heavy atom. The molecule has 0 N–H and O–H groups in total. The van der Waals surface area contributed by atoms with Crippen molar-refractivity contribution in [3.05, 3.63) is 29.3 Å². The molecule has 2 saturated carbocycles. The lowest BCUT2D eigenvalue weighted by Crippen LogP contribution is -2.47. The molecule has 29 heavy (non-hydrogen) atoms. The summed E-state index contributed by atoms with van der Waals surface area (Å²) in [5, 5.41) is 0. The standard InChI is InChI=1S/C20H22F3NO4S/c21-20(22,23)29(26,27)28-13-6-7-14-16(9-13)19-8-2-1-3-15(19)17(18(14)25)24(11-19)10-12-4-5-12/h6-7,9,12,15,17H,1-5,8,10-11H2. The van der Waals surface area contributed by atoms with Gasteiger partial charge in [0.25, 0.3) is 0 Å². The van der Waals surface area contributed by atoms with Crippen LogP contribution in [0.2, 0.25) is 0 Å². The quantitative estimate of drug-likeness (QED) is 0.540. The summed E-state index contributed by atoms with van der Waals surface area (Å²) in [6.07, 6.45) is 6.13. The monoisotopic (exact) mass is 429 g/mol. The molecular formula is C20H22F3NO4S. The molecule has 0 radical (unpaired) electrons. The molecule has 3 unspecified atom stereocenters. The van der Waals surface area contributed by atoms with Gasteiger partial charge in [0, 0.05) is 24.1 Å². The molecule has 158 valence electrons. The van der Waals surface area contributed by atoms with Gasteiger partial charge in [0.2, 0.25) is 0 Å². The molecule has 3 aliphatic carbocycles. The van der Waals surface area contributed by atoms with Crippen molar-refractivity contribution >= 4 is 15.9 Å². The minimum atomic E-state index is -5.75. The Bertz CT molecular complexity index is 972. The number of likely N-dealkylation sites (tertiary alicyclic amines) is 1. The Morgan fingerprint density at radius 3 is 2.62 bits per heavy atom. The largest absolute Gasteiger partial charge is 0.534 e. The number of carbonyl (C=O) groups is 1. The third kappa shape index (κ3) is 2.91. The molecule has 4 aliphatic rings. The lowest BCUT2D eigenvalue weighted by molar-refractivity contribution is -0.0500. The van der Waals surface area contributed by atoms with Gasteiger partial charge in [0.1, 0.15) is 5.75 Å². The highest BCUT2D eigenvalue weighted by Crippen LogP contribution is 2.57. The highest BCUT2D eigenvalue weighted by molar-refractivity contribution is 7.88. The first-order chi connectivity index (χ1) is 13.6. The second-order valence-electron chi connectivity index (χ2n) is 8.88. The smallest absolute Gasteiger partial charge is 0.376 e. The molecule has 0 spiro atoms. The second kappa shape index (κ2) is 6.20. The van der Waals surface area contributed by atoms with Crippen LogP contribution < -0.4 is 4.18 Å². The maximum Gasteiger partial charge on any atom is 0.534 e. The number of carbonyl (C=O) groups excluding carboxylic acids is 1. The zero-order valence-electron chi connectivity index (χ0n) is 15.7. The van der Waals surface area contributed by atoms with Crippen LogP contribution in [0, 0.1) is 11.8 Å². The van der Waals surface area contributed by atoms with E-state index in [0.29, 0.717) is 23.6 Å². The Labute approximate surface area is 167 Å². The molecule has 2 bridgehead atoms. The van der Waals surface area contributed by atoms with Crippen molar-refractivity contribution in [2.45, 2.75) is 55.5 Å². The van der Waals surface area contributed by atoms with E-state index in [9.17, 15) is 26.4 Å². The summed E-state index contributed by atoms with van der Waals surface area (Å²) in [7, 11) is -5.75. The van der Waals surface area contributed by atoms with Gasteiger partial charge in [-0.2, -0.15) is 21.6 Å². The summed E-state index contributed by atoms with van der Waals surface area (Å²) in [4.78, 5) is 15.6. The van der Waals surface area contributed by atoms with Crippen LogP contribution >= 0.6 is 0 Å². The Balaban J connectivity index is 1.56.